The van der Waals surface area contributed by atoms with Crippen LogP contribution < -0.4 is 10.4 Å². The standard InChI is InChI=1S/C22H17N3O6/c1-13-9-21(24-20(23-13)12-29-2)30-16-7-8-17-18(11-22(26)31-19(17)10-16)14-3-5-15(6-4-14)25(27)28/h3-11H,12H2,1-2H3. The summed E-state index contributed by atoms with van der Waals surface area (Å²) in [7, 11) is 1.56. The first-order valence-corrected chi connectivity index (χ1v) is 9.27. The molecule has 0 bridgehead atoms. The van der Waals surface area contributed by atoms with E-state index in [1.165, 1.54) is 18.2 Å². The summed E-state index contributed by atoms with van der Waals surface area (Å²) in [4.78, 5) is 31.1. The minimum Gasteiger partial charge on any atom is -0.439 e. The quantitative estimate of drug-likeness (QED) is 0.256. The van der Waals surface area contributed by atoms with E-state index >= 15 is 0 Å². The second-order valence-corrected chi connectivity index (χ2v) is 6.74. The molecular formula is C22H17N3O6. The fourth-order valence-corrected chi connectivity index (χ4v) is 3.17. The number of nitro benzene ring substituents is 1. The molecule has 2 aromatic heterocycles. The predicted molar refractivity (Wildman–Crippen MR) is 112 cm³/mol. The van der Waals surface area contributed by atoms with Gasteiger partial charge in [0.15, 0.2) is 5.82 Å². The number of benzene rings is 2. The maximum atomic E-state index is 12.1. The van der Waals surface area contributed by atoms with Gasteiger partial charge in [0.25, 0.3) is 5.69 Å². The first kappa shape index (κ1) is 20.2. The molecule has 0 amide bonds. The van der Waals surface area contributed by atoms with Gasteiger partial charge in [-0.2, -0.15) is 4.98 Å². The number of fused-ring (bicyclic) bond motifs is 1. The summed E-state index contributed by atoms with van der Waals surface area (Å²) in [5.74, 6) is 1.26. The number of methoxy groups -OCH3 is 1. The zero-order valence-corrected chi connectivity index (χ0v) is 16.7. The molecule has 0 N–H and O–H groups in total. The number of hydrogen-bond donors (Lipinski definition) is 0. The Balaban J connectivity index is 1.72. The van der Waals surface area contributed by atoms with Crippen molar-refractivity contribution in [2.45, 2.75) is 13.5 Å². The van der Waals surface area contributed by atoms with Gasteiger partial charge in [0.1, 0.15) is 17.9 Å². The Kier molecular flexibility index (Phi) is 5.42. The lowest BCUT2D eigenvalue weighted by Gasteiger charge is -2.10. The molecule has 9 heteroatoms. The van der Waals surface area contributed by atoms with Crippen molar-refractivity contribution in [3.05, 3.63) is 86.7 Å². The zero-order chi connectivity index (χ0) is 22.0. The summed E-state index contributed by atoms with van der Waals surface area (Å²) in [5.41, 5.74) is 1.74. The molecule has 9 nitrogen and oxygen atoms in total. The minimum absolute atomic E-state index is 0.0281. The van der Waals surface area contributed by atoms with Crippen molar-refractivity contribution in [1.29, 1.82) is 0 Å². The highest BCUT2D eigenvalue weighted by Crippen LogP contribution is 2.32. The van der Waals surface area contributed by atoms with Crippen LogP contribution in [0.5, 0.6) is 11.6 Å². The van der Waals surface area contributed by atoms with Crippen molar-refractivity contribution >= 4 is 16.7 Å². The lowest BCUT2D eigenvalue weighted by Crippen LogP contribution is -2.01. The maximum Gasteiger partial charge on any atom is 0.336 e. The third-order valence-corrected chi connectivity index (χ3v) is 4.48. The van der Waals surface area contributed by atoms with E-state index in [0.717, 1.165) is 5.69 Å². The van der Waals surface area contributed by atoms with E-state index in [2.05, 4.69) is 9.97 Å². The van der Waals surface area contributed by atoms with Gasteiger partial charge in [-0.25, -0.2) is 9.78 Å². The summed E-state index contributed by atoms with van der Waals surface area (Å²) < 4.78 is 16.3. The Labute approximate surface area is 176 Å². The summed E-state index contributed by atoms with van der Waals surface area (Å²) in [6.45, 7) is 2.08. The van der Waals surface area contributed by atoms with E-state index in [0.29, 0.717) is 39.6 Å². The Bertz CT molecular complexity index is 1330. The summed E-state index contributed by atoms with van der Waals surface area (Å²) in [6, 6.07) is 14.1. The first-order valence-electron chi connectivity index (χ1n) is 9.27. The molecule has 2 heterocycles. The number of rotatable bonds is 6. The number of aromatic nitrogens is 2. The number of non-ortho nitro benzene ring substituents is 1. The third kappa shape index (κ3) is 4.41. The second kappa shape index (κ2) is 8.33. The van der Waals surface area contributed by atoms with Crippen LogP contribution in [0.2, 0.25) is 0 Å². The molecule has 0 spiro atoms. The molecule has 0 aliphatic heterocycles. The minimum atomic E-state index is -0.543. The Morgan fingerprint density at radius 2 is 1.84 bits per heavy atom. The molecule has 0 saturated heterocycles. The van der Waals surface area contributed by atoms with Gasteiger partial charge in [0.05, 0.1) is 4.92 Å². The summed E-state index contributed by atoms with van der Waals surface area (Å²) in [6.07, 6.45) is 0. The lowest BCUT2D eigenvalue weighted by molar-refractivity contribution is -0.384. The van der Waals surface area contributed by atoms with Gasteiger partial charge in [-0.15, -0.1) is 0 Å². The Hall–Kier alpha value is -4.11. The maximum absolute atomic E-state index is 12.1. The number of ether oxygens (including phenoxy) is 2. The van der Waals surface area contributed by atoms with Gasteiger partial charge in [-0.1, -0.05) is 0 Å². The van der Waals surface area contributed by atoms with E-state index in [1.54, 1.807) is 43.5 Å². The molecule has 0 unspecified atom stereocenters. The molecule has 156 valence electrons. The van der Waals surface area contributed by atoms with Crippen molar-refractivity contribution in [2.75, 3.05) is 7.11 Å². The topological polar surface area (TPSA) is 118 Å². The number of nitrogens with zero attached hydrogens (tertiary/aromatic N) is 3. The Morgan fingerprint density at radius 3 is 2.55 bits per heavy atom. The molecule has 0 aliphatic rings. The summed E-state index contributed by atoms with van der Waals surface area (Å²) >= 11 is 0. The highest BCUT2D eigenvalue weighted by molar-refractivity contribution is 5.93. The van der Waals surface area contributed by atoms with Gasteiger partial charge < -0.3 is 13.9 Å². The average Bonchev–Trinajstić information content (AvgIpc) is 2.73. The third-order valence-electron chi connectivity index (χ3n) is 4.48. The van der Waals surface area contributed by atoms with Crippen LogP contribution in [0.3, 0.4) is 0 Å². The summed E-state index contributed by atoms with van der Waals surface area (Å²) in [5, 5.41) is 11.6. The molecule has 4 aromatic rings. The van der Waals surface area contributed by atoms with Crippen molar-refractivity contribution < 1.29 is 18.8 Å². The molecule has 0 saturated carbocycles. The first-order chi connectivity index (χ1) is 14.9. The van der Waals surface area contributed by atoms with Crippen molar-refractivity contribution in [3.8, 4) is 22.8 Å². The molecule has 31 heavy (non-hydrogen) atoms. The van der Waals surface area contributed by atoms with Crippen molar-refractivity contribution in [3.63, 3.8) is 0 Å². The molecular weight excluding hydrogens is 402 g/mol. The van der Waals surface area contributed by atoms with Gasteiger partial charge in [0.2, 0.25) is 5.88 Å². The van der Waals surface area contributed by atoms with Gasteiger partial charge in [0, 0.05) is 48.5 Å². The van der Waals surface area contributed by atoms with Crippen LogP contribution in [0.4, 0.5) is 5.69 Å². The van der Waals surface area contributed by atoms with E-state index in [1.807, 2.05) is 6.92 Å². The molecule has 0 aliphatic carbocycles. The number of nitro groups is 1. The Morgan fingerprint density at radius 1 is 1.06 bits per heavy atom. The molecule has 2 aromatic carbocycles. The average molecular weight is 419 g/mol. The van der Waals surface area contributed by atoms with E-state index in [-0.39, 0.29) is 12.3 Å². The number of aryl methyl sites for hydroxylation is 1. The largest absolute Gasteiger partial charge is 0.439 e. The van der Waals surface area contributed by atoms with E-state index < -0.39 is 10.5 Å². The van der Waals surface area contributed by atoms with Crippen LogP contribution in [0.1, 0.15) is 11.5 Å². The number of hydrogen-bond acceptors (Lipinski definition) is 8. The normalized spacial score (nSPS) is 10.9. The van der Waals surface area contributed by atoms with Crippen LogP contribution >= 0.6 is 0 Å². The van der Waals surface area contributed by atoms with Gasteiger partial charge in [-0.3, -0.25) is 10.1 Å². The van der Waals surface area contributed by atoms with Crippen LogP contribution in [-0.4, -0.2) is 22.0 Å². The van der Waals surface area contributed by atoms with E-state index in [9.17, 15) is 14.9 Å². The fourth-order valence-electron chi connectivity index (χ4n) is 3.17. The SMILES string of the molecule is COCc1nc(C)cc(Oc2ccc3c(-c4ccc([N+](=O)[O-])cc4)cc(=O)oc3c2)n1. The molecule has 0 radical (unpaired) electrons. The smallest absolute Gasteiger partial charge is 0.336 e. The fraction of sp³-hybridized carbons (Fsp3) is 0.136. The zero-order valence-electron chi connectivity index (χ0n) is 16.7. The van der Waals surface area contributed by atoms with Crippen molar-refractivity contribution in [2.24, 2.45) is 0 Å². The molecule has 4 rings (SSSR count). The molecule has 0 fully saturated rings. The highest BCUT2D eigenvalue weighted by atomic mass is 16.6. The van der Waals surface area contributed by atoms with Crippen LogP contribution in [0.25, 0.3) is 22.1 Å². The van der Waals surface area contributed by atoms with E-state index in [4.69, 9.17) is 13.9 Å². The molecule has 0 atom stereocenters. The highest BCUT2D eigenvalue weighted by Gasteiger charge is 2.12. The van der Waals surface area contributed by atoms with Crippen LogP contribution in [-0.2, 0) is 11.3 Å². The monoisotopic (exact) mass is 419 g/mol. The predicted octanol–water partition coefficient (Wildman–Crippen LogP) is 4.41. The second-order valence-electron chi connectivity index (χ2n) is 6.74. The van der Waals surface area contributed by atoms with Gasteiger partial charge >= 0.3 is 5.63 Å². The van der Waals surface area contributed by atoms with Crippen LogP contribution in [0, 0.1) is 17.0 Å². The van der Waals surface area contributed by atoms with Crippen molar-refractivity contribution in [1.82, 2.24) is 9.97 Å². The van der Waals surface area contributed by atoms with Crippen LogP contribution in [0.15, 0.2) is 63.8 Å². The van der Waals surface area contributed by atoms with Gasteiger partial charge in [-0.05, 0) is 42.3 Å². The lowest BCUT2D eigenvalue weighted by atomic mass is 10.0.